The minimum atomic E-state index is -2.94. The van der Waals surface area contributed by atoms with E-state index in [1.165, 1.54) is 6.20 Å². The van der Waals surface area contributed by atoms with Crippen LogP contribution in [-0.2, 0) is 0 Å². The van der Waals surface area contributed by atoms with E-state index in [9.17, 15) is 13.6 Å². The normalized spacial score (nSPS) is 10.9. The van der Waals surface area contributed by atoms with Gasteiger partial charge >= 0.3 is 5.97 Å². The number of rotatable bonds is 3. The van der Waals surface area contributed by atoms with Crippen molar-refractivity contribution in [2.24, 2.45) is 0 Å². The molecule has 2 rings (SSSR count). The molecule has 0 spiro atoms. The number of carboxylic acids is 1. The summed E-state index contributed by atoms with van der Waals surface area (Å²) in [7, 11) is 0. The van der Waals surface area contributed by atoms with Gasteiger partial charge in [-0.15, -0.1) is 0 Å². The highest BCUT2D eigenvalue weighted by molar-refractivity contribution is 5.88. The Kier molecular flexibility index (Phi) is 3.05. The van der Waals surface area contributed by atoms with Gasteiger partial charge in [-0.25, -0.2) is 23.2 Å². The first-order valence-electron chi connectivity index (χ1n) is 5.03. The lowest BCUT2D eigenvalue weighted by molar-refractivity contribution is 0.0683. The minimum absolute atomic E-state index is 0.165. The zero-order valence-electron chi connectivity index (χ0n) is 9.34. The first-order valence-corrected chi connectivity index (χ1v) is 5.03. The fourth-order valence-corrected chi connectivity index (χ4v) is 1.55. The van der Waals surface area contributed by atoms with Crippen LogP contribution in [0, 0.1) is 6.92 Å². The molecule has 0 unspecified atom stereocenters. The summed E-state index contributed by atoms with van der Waals surface area (Å²) in [5.74, 6) is -1.28. The second kappa shape index (κ2) is 4.52. The first kappa shape index (κ1) is 12.2. The molecule has 0 fully saturated rings. The summed E-state index contributed by atoms with van der Waals surface area (Å²) in [6.45, 7) is 1.77. The molecule has 0 radical (unpaired) electrons. The molecule has 5 nitrogen and oxygen atoms in total. The maximum atomic E-state index is 12.9. The molecule has 7 heteroatoms. The molecule has 18 heavy (non-hydrogen) atoms. The monoisotopic (exact) mass is 253 g/mol. The molecular formula is C11H9F2N3O2. The highest BCUT2D eigenvalue weighted by Crippen LogP contribution is 2.25. The van der Waals surface area contributed by atoms with Crippen LogP contribution in [0.25, 0.3) is 5.82 Å². The van der Waals surface area contributed by atoms with Gasteiger partial charge in [-0.1, -0.05) is 0 Å². The van der Waals surface area contributed by atoms with Crippen molar-refractivity contribution in [3.63, 3.8) is 0 Å². The van der Waals surface area contributed by atoms with E-state index < -0.39 is 23.7 Å². The largest absolute Gasteiger partial charge is 0.478 e. The van der Waals surface area contributed by atoms with Crippen LogP contribution in [0.2, 0.25) is 0 Å². The summed E-state index contributed by atoms with van der Waals surface area (Å²) < 4.78 is 26.7. The second-order valence-electron chi connectivity index (χ2n) is 3.65. The van der Waals surface area contributed by atoms with Crippen molar-refractivity contribution in [3.8, 4) is 5.82 Å². The van der Waals surface area contributed by atoms with E-state index in [2.05, 4.69) is 10.1 Å². The number of aromatic carboxylic acids is 1. The van der Waals surface area contributed by atoms with Crippen molar-refractivity contribution >= 4 is 5.97 Å². The standard InChI is InChI=1S/C11H9F2N3O2/c1-6-2-3-14-8(4-6)16-9(10(12)13)7(5-15-16)11(17)18/h2-5,10H,1H3,(H,17,18). The number of alkyl halides is 2. The number of carbonyl (C=O) groups is 1. The molecule has 0 aliphatic heterocycles. The van der Waals surface area contributed by atoms with Gasteiger partial charge in [-0.2, -0.15) is 5.10 Å². The fraction of sp³-hybridized carbons (Fsp3) is 0.182. The van der Waals surface area contributed by atoms with Gasteiger partial charge in [0.25, 0.3) is 6.43 Å². The maximum absolute atomic E-state index is 12.9. The molecular weight excluding hydrogens is 244 g/mol. The summed E-state index contributed by atoms with van der Waals surface area (Å²) in [5.41, 5.74) is -0.374. The van der Waals surface area contributed by atoms with Crippen LogP contribution in [0.15, 0.2) is 24.5 Å². The maximum Gasteiger partial charge on any atom is 0.339 e. The quantitative estimate of drug-likeness (QED) is 0.910. The molecule has 2 aromatic heterocycles. The Morgan fingerprint density at radius 3 is 2.78 bits per heavy atom. The first-order chi connectivity index (χ1) is 8.50. The lowest BCUT2D eigenvalue weighted by Gasteiger charge is -2.07. The number of pyridine rings is 1. The topological polar surface area (TPSA) is 68.0 Å². The smallest absolute Gasteiger partial charge is 0.339 e. The van der Waals surface area contributed by atoms with Gasteiger partial charge in [0.1, 0.15) is 11.3 Å². The predicted molar refractivity (Wildman–Crippen MR) is 58.0 cm³/mol. The average Bonchev–Trinajstić information content (AvgIpc) is 2.73. The lowest BCUT2D eigenvalue weighted by Crippen LogP contribution is -2.08. The fourth-order valence-electron chi connectivity index (χ4n) is 1.55. The van der Waals surface area contributed by atoms with E-state index in [0.717, 1.165) is 16.4 Å². The molecule has 0 aliphatic carbocycles. The average molecular weight is 253 g/mol. The van der Waals surface area contributed by atoms with E-state index in [1.807, 2.05) is 0 Å². The SMILES string of the molecule is Cc1ccnc(-n2ncc(C(=O)O)c2C(F)F)c1. The van der Waals surface area contributed by atoms with Crippen molar-refractivity contribution in [2.75, 3.05) is 0 Å². The Morgan fingerprint density at radius 1 is 1.50 bits per heavy atom. The van der Waals surface area contributed by atoms with Gasteiger partial charge in [0.2, 0.25) is 0 Å². The van der Waals surface area contributed by atoms with Crippen LogP contribution in [0.4, 0.5) is 8.78 Å². The molecule has 94 valence electrons. The second-order valence-corrected chi connectivity index (χ2v) is 3.65. The van der Waals surface area contributed by atoms with E-state index in [0.29, 0.717) is 0 Å². The molecule has 0 atom stereocenters. The zero-order valence-corrected chi connectivity index (χ0v) is 9.34. The highest BCUT2D eigenvalue weighted by Gasteiger charge is 2.25. The number of aromatic nitrogens is 3. The Bertz CT molecular complexity index is 596. The number of carboxylic acid groups (broad SMARTS) is 1. The molecule has 2 heterocycles. The number of nitrogens with zero attached hydrogens (tertiary/aromatic N) is 3. The lowest BCUT2D eigenvalue weighted by atomic mass is 10.2. The van der Waals surface area contributed by atoms with Crippen molar-refractivity contribution in [2.45, 2.75) is 13.3 Å². The Balaban J connectivity index is 2.61. The van der Waals surface area contributed by atoms with Gasteiger partial charge in [0.05, 0.1) is 6.20 Å². The molecule has 0 saturated heterocycles. The highest BCUT2D eigenvalue weighted by atomic mass is 19.3. The van der Waals surface area contributed by atoms with E-state index >= 15 is 0 Å². The van der Waals surface area contributed by atoms with Crippen molar-refractivity contribution < 1.29 is 18.7 Å². The zero-order chi connectivity index (χ0) is 13.3. The third-order valence-electron chi connectivity index (χ3n) is 2.36. The van der Waals surface area contributed by atoms with Gasteiger partial charge in [-0.05, 0) is 24.6 Å². The van der Waals surface area contributed by atoms with E-state index in [-0.39, 0.29) is 5.82 Å². The Labute approximate surface area is 101 Å². The summed E-state index contributed by atoms with van der Waals surface area (Å²) in [6, 6.07) is 3.25. The predicted octanol–water partition coefficient (Wildman–Crippen LogP) is 2.21. The number of halogens is 2. The summed E-state index contributed by atoms with van der Waals surface area (Å²) >= 11 is 0. The molecule has 0 amide bonds. The molecule has 0 aromatic carbocycles. The Morgan fingerprint density at radius 2 is 2.22 bits per heavy atom. The van der Waals surface area contributed by atoms with Gasteiger partial charge < -0.3 is 5.11 Å². The van der Waals surface area contributed by atoms with Gasteiger partial charge in [-0.3, -0.25) is 0 Å². The van der Waals surface area contributed by atoms with Crippen LogP contribution in [0.3, 0.4) is 0 Å². The van der Waals surface area contributed by atoms with Crippen LogP contribution < -0.4 is 0 Å². The van der Waals surface area contributed by atoms with Crippen LogP contribution >= 0.6 is 0 Å². The Hall–Kier alpha value is -2.31. The van der Waals surface area contributed by atoms with Crippen molar-refractivity contribution in [1.82, 2.24) is 14.8 Å². The van der Waals surface area contributed by atoms with Crippen LogP contribution in [0.1, 0.15) is 28.0 Å². The molecule has 1 N–H and O–H groups in total. The van der Waals surface area contributed by atoms with E-state index in [4.69, 9.17) is 5.11 Å². The number of hydrogen-bond acceptors (Lipinski definition) is 3. The molecule has 0 aliphatic rings. The van der Waals surface area contributed by atoms with E-state index in [1.54, 1.807) is 19.1 Å². The number of aryl methyl sites for hydroxylation is 1. The minimum Gasteiger partial charge on any atom is -0.478 e. The summed E-state index contributed by atoms with van der Waals surface area (Å²) in [5, 5.41) is 12.5. The third kappa shape index (κ3) is 2.06. The number of hydrogen-bond donors (Lipinski definition) is 1. The van der Waals surface area contributed by atoms with Crippen LogP contribution in [0.5, 0.6) is 0 Å². The van der Waals surface area contributed by atoms with Crippen LogP contribution in [-0.4, -0.2) is 25.8 Å². The van der Waals surface area contributed by atoms with Crippen molar-refractivity contribution in [1.29, 1.82) is 0 Å². The molecule has 0 bridgehead atoms. The van der Waals surface area contributed by atoms with Gasteiger partial charge in [0, 0.05) is 6.20 Å². The summed E-state index contributed by atoms with van der Waals surface area (Å²) in [6.07, 6.45) is -0.600. The third-order valence-corrected chi connectivity index (χ3v) is 2.36. The van der Waals surface area contributed by atoms with Gasteiger partial charge in [0.15, 0.2) is 5.82 Å². The summed E-state index contributed by atoms with van der Waals surface area (Å²) in [4.78, 5) is 14.7. The molecule has 2 aromatic rings. The molecule has 0 saturated carbocycles. The van der Waals surface area contributed by atoms with Crippen molar-refractivity contribution in [3.05, 3.63) is 41.3 Å².